The van der Waals surface area contributed by atoms with Crippen LogP contribution in [0.5, 0.6) is 17.2 Å². The molecule has 0 amide bonds. The van der Waals surface area contributed by atoms with Gasteiger partial charge in [0.25, 0.3) is 0 Å². The summed E-state index contributed by atoms with van der Waals surface area (Å²) in [5, 5.41) is 0. The number of hydrogen-bond acceptors (Lipinski definition) is 3. The molecule has 0 spiro atoms. The molecular weight excluding hydrogens is 302 g/mol. The summed E-state index contributed by atoms with van der Waals surface area (Å²) in [4.78, 5) is 0. The maximum Gasteiger partial charge on any atom is 0.231 e. The van der Waals surface area contributed by atoms with Gasteiger partial charge >= 0.3 is 0 Å². The molecule has 3 aliphatic rings. The summed E-state index contributed by atoms with van der Waals surface area (Å²) in [6.45, 7) is 1.45. The van der Waals surface area contributed by atoms with E-state index >= 15 is 0 Å². The number of benzene rings is 2. The lowest BCUT2D eigenvalue weighted by molar-refractivity contribution is -0.923. The topological polar surface area (TPSA) is 27.7 Å². The van der Waals surface area contributed by atoms with Gasteiger partial charge in [-0.2, -0.15) is 0 Å². The summed E-state index contributed by atoms with van der Waals surface area (Å²) in [5.41, 5.74) is 6.64. The molecule has 1 aliphatic carbocycles. The third-order valence-electron chi connectivity index (χ3n) is 5.94. The summed E-state index contributed by atoms with van der Waals surface area (Å²) < 4.78 is 18.3. The highest BCUT2D eigenvalue weighted by Crippen LogP contribution is 2.55. The van der Waals surface area contributed by atoms with Crippen molar-refractivity contribution in [3.8, 4) is 28.4 Å². The summed E-state index contributed by atoms with van der Waals surface area (Å²) in [6.07, 6.45) is 2.09. The number of nitrogens with zero attached hydrogens (tertiary/aromatic N) is 1. The monoisotopic (exact) mass is 324 g/mol. The number of rotatable bonds is 1. The Labute approximate surface area is 142 Å². The minimum Gasteiger partial charge on any atom is -0.496 e. The zero-order chi connectivity index (χ0) is 16.5. The van der Waals surface area contributed by atoms with Crippen LogP contribution in [0.3, 0.4) is 0 Å². The molecule has 0 N–H and O–H groups in total. The quantitative estimate of drug-likeness (QED) is 0.753. The van der Waals surface area contributed by atoms with Crippen molar-refractivity contribution in [1.82, 2.24) is 0 Å². The van der Waals surface area contributed by atoms with E-state index in [0.29, 0.717) is 12.8 Å². The first kappa shape index (κ1) is 14.2. The van der Waals surface area contributed by atoms with Gasteiger partial charge in [-0.3, -0.25) is 0 Å². The second-order valence-corrected chi connectivity index (χ2v) is 7.52. The second kappa shape index (κ2) is 4.67. The summed E-state index contributed by atoms with van der Waals surface area (Å²) >= 11 is 0. The molecule has 2 aliphatic heterocycles. The minimum absolute atomic E-state index is 0.313. The van der Waals surface area contributed by atoms with E-state index in [-0.39, 0.29) is 0 Å². The third-order valence-corrected chi connectivity index (χ3v) is 5.94. The number of methoxy groups -OCH3 is 1. The van der Waals surface area contributed by atoms with Crippen LogP contribution >= 0.6 is 0 Å². The van der Waals surface area contributed by atoms with Gasteiger partial charge in [-0.1, -0.05) is 12.1 Å². The molecule has 0 radical (unpaired) electrons. The number of quaternary nitrogens is 1. The summed E-state index contributed by atoms with van der Waals surface area (Å²) in [7, 11) is 6.43. The number of hydrogen-bond donors (Lipinski definition) is 0. The molecule has 2 heterocycles. The minimum atomic E-state index is 0.313. The van der Waals surface area contributed by atoms with Crippen molar-refractivity contribution < 1.29 is 18.7 Å². The largest absolute Gasteiger partial charge is 0.496 e. The molecule has 0 saturated carbocycles. The van der Waals surface area contributed by atoms with Crippen molar-refractivity contribution in [2.75, 3.05) is 34.5 Å². The molecule has 0 aromatic heterocycles. The van der Waals surface area contributed by atoms with Gasteiger partial charge in [-0.25, -0.2) is 0 Å². The molecule has 1 unspecified atom stereocenters. The van der Waals surface area contributed by atoms with Crippen LogP contribution in [0.1, 0.15) is 22.7 Å². The molecule has 1 atom stereocenters. The normalized spacial score (nSPS) is 21.9. The first-order valence-electron chi connectivity index (χ1n) is 8.54. The Balaban J connectivity index is 1.88. The molecular formula is C20H22NO3+. The van der Waals surface area contributed by atoms with E-state index < -0.39 is 0 Å². The fraction of sp³-hybridized carbons (Fsp3) is 0.400. The maximum atomic E-state index is 5.90. The molecule has 124 valence electrons. The third kappa shape index (κ3) is 1.72. The van der Waals surface area contributed by atoms with E-state index in [9.17, 15) is 0 Å². The van der Waals surface area contributed by atoms with Crippen LogP contribution in [-0.4, -0.2) is 39.0 Å². The van der Waals surface area contributed by atoms with Crippen LogP contribution in [0, 0.1) is 0 Å². The fourth-order valence-corrected chi connectivity index (χ4v) is 4.62. The average molecular weight is 324 g/mol. The summed E-state index contributed by atoms with van der Waals surface area (Å²) in [5.74, 6) is 2.78. The van der Waals surface area contributed by atoms with E-state index in [4.69, 9.17) is 14.2 Å². The Hall–Kier alpha value is -2.20. The van der Waals surface area contributed by atoms with E-state index in [1.54, 1.807) is 7.11 Å². The number of likely N-dealkylation sites (N-methyl/N-ethyl adjacent to an activating group) is 1. The van der Waals surface area contributed by atoms with E-state index in [1.165, 1.54) is 27.8 Å². The second-order valence-electron chi connectivity index (χ2n) is 7.52. The molecule has 4 heteroatoms. The van der Waals surface area contributed by atoms with Gasteiger partial charge in [0.2, 0.25) is 6.79 Å². The van der Waals surface area contributed by atoms with Gasteiger partial charge in [0.05, 0.1) is 27.7 Å². The molecule has 24 heavy (non-hydrogen) atoms. The molecule has 0 saturated heterocycles. The summed E-state index contributed by atoms with van der Waals surface area (Å²) in [6, 6.07) is 8.97. The predicted molar refractivity (Wildman–Crippen MR) is 91.7 cm³/mol. The molecule has 2 aromatic carbocycles. The van der Waals surface area contributed by atoms with Crippen molar-refractivity contribution in [3.05, 3.63) is 41.0 Å². The van der Waals surface area contributed by atoms with E-state index in [1.807, 2.05) is 0 Å². The van der Waals surface area contributed by atoms with Gasteiger partial charge in [0.15, 0.2) is 11.5 Å². The first-order chi connectivity index (χ1) is 11.6. The average Bonchev–Trinajstić information content (AvgIpc) is 3.05. The molecule has 0 bridgehead atoms. The Kier molecular flexibility index (Phi) is 2.76. The maximum absolute atomic E-state index is 5.90. The smallest absolute Gasteiger partial charge is 0.231 e. The predicted octanol–water partition coefficient (Wildman–Crippen LogP) is 3.32. The SMILES string of the molecule is COc1cccc2c1CC1c3c(cc4c(c3-2)OCO4)CC[N+]1(C)C. The first-order valence-corrected chi connectivity index (χ1v) is 8.54. The van der Waals surface area contributed by atoms with Crippen LogP contribution in [0.15, 0.2) is 24.3 Å². The van der Waals surface area contributed by atoms with Crippen LogP contribution < -0.4 is 14.2 Å². The number of ether oxygens (including phenoxy) is 3. The van der Waals surface area contributed by atoms with Crippen molar-refractivity contribution in [2.24, 2.45) is 0 Å². The van der Waals surface area contributed by atoms with Crippen molar-refractivity contribution in [3.63, 3.8) is 0 Å². The van der Waals surface area contributed by atoms with Crippen LogP contribution in [0.4, 0.5) is 0 Å². The highest BCUT2D eigenvalue weighted by Gasteiger charge is 2.44. The lowest BCUT2D eigenvalue weighted by atomic mass is 9.75. The standard InChI is InChI=1S/C20H22NO3/c1-21(2)8-7-12-9-17-20(24-11-23-17)19-13-5-4-6-16(22-3)14(13)10-15(21)18(12)19/h4-6,9,15H,7-8,10-11H2,1-3H3/q+1. The van der Waals surface area contributed by atoms with Crippen LogP contribution in [0.25, 0.3) is 11.1 Å². The highest BCUT2D eigenvalue weighted by molar-refractivity contribution is 5.84. The van der Waals surface area contributed by atoms with Gasteiger partial charge in [-0.05, 0) is 23.3 Å². The van der Waals surface area contributed by atoms with E-state index in [2.05, 4.69) is 38.4 Å². The zero-order valence-electron chi connectivity index (χ0n) is 14.4. The Morgan fingerprint density at radius 2 is 2.08 bits per heavy atom. The Morgan fingerprint density at radius 3 is 2.92 bits per heavy atom. The Morgan fingerprint density at radius 1 is 1.21 bits per heavy atom. The van der Waals surface area contributed by atoms with E-state index in [0.717, 1.165) is 41.1 Å². The van der Waals surface area contributed by atoms with Gasteiger partial charge in [0, 0.05) is 29.5 Å². The van der Waals surface area contributed by atoms with Crippen molar-refractivity contribution in [1.29, 1.82) is 0 Å². The number of fused-ring (bicyclic) bond motifs is 4. The van der Waals surface area contributed by atoms with Gasteiger partial charge in [0.1, 0.15) is 11.8 Å². The molecule has 2 aromatic rings. The van der Waals surface area contributed by atoms with Gasteiger partial charge < -0.3 is 18.7 Å². The lowest BCUT2D eigenvalue weighted by Gasteiger charge is -2.46. The molecule has 0 fully saturated rings. The zero-order valence-corrected chi connectivity index (χ0v) is 14.4. The van der Waals surface area contributed by atoms with Crippen molar-refractivity contribution in [2.45, 2.75) is 18.9 Å². The Bertz CT molecular complexity index is 856. The fourth-order valence-electron chi connectivity index (χ4n) is 4.62. The lowest BCUT2D eigenvalue weighted by Crippen LogP contribution is -2.49. The van der Waals surface area contributed by atoms with Gasteiger partial charge in [-0.15, -0.1) is 0 Å². The van der Waals surface area contributed by atoms with Crippen LogP contribution in [-0.2, 0) is 12.8 Å². The highest BCUT2D eigenvalue weighted by atomic mass is 16.7. The van der Waals surface area contributed by atoms with Crippen molar-refractivity contribution >= 4 is 0 Å². The molecule has 4 nitrogen and oxygen atoms in total. The van der Waals surface area contributed by atoms with Crippen LogP contribution in [0.2, 0.25) is 0 Å². The molecule has 5 rings (SSSR count).